The first-order valence-corrected chi connectivity index (χ1v) is 7.66. The number of hydrogen-bond donors (Lipinski definition) is 0. The van der Waals surface area contributed by atoms with Crippen molar-refractivity contribution in [1.29, 1.82) is 0 Å². The molecule has 0 atom stereocenters. The first-order valence-electron chi connectivity index (χ1n) is 4.86. The Labute approximate surface area is 101 Å². The highest BCUT2D eigenvalue weighted by Crippen LogP contribution is 2.28. The predicted molar refractivity (Wildman–Crippen MR) is 65.3 cm³/mol. The Morgan fingerprint density at radius 3 is 2.75 bits per heavy atom. The molecular formula is C10H15NO3S2. The third-order valence-electron chi connectivity index (χ3n) is 1.54. The molecule has 4 nitrogen and oxygen atoms in total. The van der Waals surface area contributed by atoms with E-state index >= 15 is 0 Å². The Hall–Kier alpha value is -0.750. The molecule has 0 spiro atoms. The fourth-order valence-corrected chi connectivity index (χ4v) is 2.33. The van der Waals surface area contributed by atoms with Gasteiger partial charge in [0.1, 0.15) is 0 Å². The van der Waals surface area contributed by atoms with Crippen molar-refractivity contribution in [1.82, 2.24) is 4.98 Å². The molecule has 0 radical (unpaired) electrons. The smallest absolute Gasteiger partial charge is 0.307 e. The molecule has 0 aromatic carbocycles. The molecule has 0 aliphatic carbocycles. The van der Waals surface area contributed by atoms with Gasteiger partial charge in [0.15, 0.2) is 0 Å². The van der Waals surface area contributed by atoms with Crippen molar-refractivity contribution in [3.8, 4) is 5.88 Å². The van der Waals surface area contributed by atoms with Gasteiger partial charge in [0.2, 0.25) is 5.88 Å². The normalized spacial score (nSPS) is 11.8. The van der Waals surface area contributed by atoms with Crippen molar-refractivity contribution >= 4 is 21.9 Å². The lowest BCUT2D eigenvalue weighted by Crippen LogP contribution is -2.07. The van der Waals surface area contributed by atoms with Crippen molar-refractivity contribution in [2.45, 2.75) is 18.7 Å². The van der Waals surface area contributed by atoms with Crippen LogP contribution in [0.25, 0.3) is 0 Å². The average Bonchev–Trinajstić information content (AvgIpc) is 2.14. The summed E-state index contributed by atoms with van der Waals surface area (Å²) in [5.41, 5.74) is 0. The summed E-state index contributed by atoms with van der Waals surface area (Å²) in [7, 11) is -3.51. The third-order valence-corrected chi connectivity index (χ3v) is 3.45. The maximum Gasteiger partial charge on any atom is 0.307 e. The monoisotopic (exact) mass is 261 g/mol. The summed E-state index contributed by atoms with van der Waals surface area (Å²) >= 11 is 1.54. The minimum Gasteiger partial charge on any atom is -0.361 e. The van der Waals surface area contributed by atoms with Gasteiger partial charge in [-0.05, 0) is 18.1 Å². The van der Waals surface area contributed by atoms with Crippen LogP contribution in [-0.2, 0) is 10.1 Å². The van der Waals surface area contributed by atoms with Crippen LogP contribution in [0, 0.1) is 5.92 Å². The molecule has 1 aromatic heterocycles. The SMILES string of the molecule is CC(C)CSc1cccnc1OS(C)(=O)=O. The summed E-state index contributed by atoms with van der Waals surface area (Å²) in [4.78, 5) is 4.67. The second-order valence-electron chi connectivity index (χ2n) is 3.80. The second-order valence-corrected chi connectivity index (χ2v) is 6.44. The number of aromatic nitrogens is 1. The van der Waals surface area contributed by atoms with Crippen LogP contribution >= 0.6 is 11.8 Å². The van der Waals surface area contributed by atoms with E-state index in [4.69, 9.17) is 4.18 Å². The first kappa shape index (κ1) is 13.3. The van der Waals surface area contributed by atoms with E-state index in [-0.39, 0.29) is 5.88 Å². The number of pyridine rings is 1. The van der Waals surface area contributed by atoms with Gasteiger partial charge < -0.3 is 4.18 Å². The van der Waals surface area contributed by atoms with Crippen LogP contribution in [-0.4, -0.2) is 25.4 Å². The van der Waals surface area contributed by atoms with E-state index in [0.29, 0.717) is 5.92 Å². The van der Waals surface area contributed by atoms with E-state index in [9.17, 15) is 8.42 Å². The summed E-state index contributed by atoms with van der Waals surface area (Å²) in [6.07, 6.45) is 2.53. The van der Waals surface area contributed by atoms with E-state index in [0.717, 1.165) is 16.9 Å². The highest BCUT2D eigenvalue weighted by molar-refractivity contribution is 7.99. The van der Waals surface area contributed by atoms with Crippen LogP contribution in [0.3, 0.4) is 0 Å². The van der Waals surface area contributed by atoms with E-state index < -0.39 is 10.1 Å². The van der Waals surface area contributed by atoms with Gasteiger partial charge in [-0.2, -0.15) is 8.42 Å². The molecule has 0 saturated carbocycles. The average molecular weight is 261 g/mol. The van der Waals surface area contributed by atoms with Crippen LogP contribution in [0.5, 0.6) is 5.88 Å². The standard InChI is InChI=1S/C10H15NO3S2/c1-8(2)7-15-9-5-4-6-11-10(9)14-16(3,12)13/h4-6,8H,7H2,1-3H3. The molecule has 0 aliphatic heterocycles. The van der Waals surface area contributed by atoms with Crippen LogP contribution < -0.4 is 4.18 Å². The Morgan fingerprint density at radius 2 is 2.19 bits per heavy atom. The number of hydrogen-bond acceptors (Lipinski definition) is 5. The highest BCUT2D eigenvalue weighted by atomic mass is 32.2. The van der Waals surface area contributed by atoms with Gasteiger partial charge in [0.05, 0.1) is 11.2 Å². The zero-order chi connectivity index (χ0) is 12.2. The third kappa shape index (κ3) is 4.85. The molecule has 0 unspecified atom stereocenters. The van der Waals surface area contributed by atoms with Crippen LogP contribution in [0.15, 0.2) is 23.2 Å². The van der Waals surface area contributed by atoms with Gasteiger partial charge in [0.25, 0.3) is 0 Å². The fraction of sp³-hybridized carbons (Fsp3) is 0.500. The Kier molecular flexibility index (Phi) is 4.61. The lowest BCUT2D eigenvalue weighted by Gasteiger charge is -2.08. The Balaban J connectivity index is 2.83. The minimum atomic E-state index is -3.51. The van der Waals surface area contributed by atoms with Gasteiger partial charge in [-0.3, -0.25) is 0 Å². The molecule has 0 saturated heterocycles. The Bertz CT molecular complexity index is 443. The number of rotatable bonds is 5. The van der Waals surface area contributed by atoms with Gasteiger partial charge >= 0.3 is 10.1 Å². The maximum absolute atomic E-state index is 11.0. The zero-order valence-corrected chi connectivity index (χ0v) is 11.1. The van der Waals surface area contributed by atoms with Crippen molar-refractivity contribution in [3.05, 3.63) is 18.3 Å². The molecule has 16 heavy (non-hydrogen) atoms. The zero-order valence-electron chi connectivity index (χ0n) is 9.50. The predicted octanol–water partition coefficient (Wildman–Crippen LogP) is 2.17. The lowest BCUT2D eigenvalue weighted by molar-refractivity contribution is 0.475. The summed E-state index contributed by atoms with van der Waals surface area (Å²) in [6, 6.07) is 3.57. The van der Waals surface area contributed by atoms with Crippen molar-refractivity contribution in [2.75, 3.05) is 12.0 Å². The van der Waals surface area contributed by atoms with E-state index in [1.807, 2.05) is 0 Å². The summed E-state index contributed by atoms with van der Waals surface area (Å²) in [5, 5.41) is 0. The molecule has 1 aromatic rings. The van der Waals surface area contributed by atoms with E-state index in [2.05, 4.69) is 18.8 Å². The molecule has 0 bridgehead atoms. The summed E-state index contributed by atoms with van der Waals surface area (Å²) < 4.78 is 26.8. The number of thioether (sulfide) groups is 1. The van der Waals surface area contributed by atoms with Gasteiger partial charge in [0, 0.05) is 11.9 Å². The fourth-order valence-electron chi connectivity index (χ4n) is 0.948. The van der Waals surface area contributed by atoms with Crippen molar-refractivity contribution < 1.29 is 12.6 Å². The Morgan fingerprint density at radius 1 is 1.50 bits per heavy atom. The molecule has 0 amide bonds. The van der Waals surface area contributed by atoms with E-state index in [1.165, 1.54) is 6.20 Å². The first-order chi connectivity index (χ1) is 7.38. The molecule has 0 fully saturated rings. The molecule has 0 N–H and O–H groups in total. The largest absolute Gasteiger partial charge is 0.361 e. The van der Waals surface area contributed by atoms with E-state index in [1.54, 1.807) is 23.9 Å². The highest BCUT2D eigenvalue weighted by Gasteiger charge is 2.11. The van der Waals surface area contributed by atoms with Gasteiger partial charge in [-0.15, -0.1) is 11.8 Å². The van der Waals surface area contributed by atoms with Gasteiger partial charge in [-0.25, -0.2) is 4.98 Å². The van der Waals surface area contributed by atoms with Crippen molar-refractivity contribution in [2.24, 2.45) is 5.92 Å². The maximum atomic E-state index is 11.0. The molecule has 1 rings (SSSR count). The lowest BCUT2D eigenvalue weighted by atomic mass is 10.3. The molecule has 0 aliphatic rings. The molecule has 90 valence electrons. The second kappa shape index (κ2) is 5.54. The van der Waals surface area contributed by atoms with Crippen LogP contribution in [0.2, 0.25) is 0 Å². The topological polar surface area (TPSA) is 56.3 Å². The quantitative estimate of drug-likeness (QED) is 0.600. The summed E-state index contributed by atoms with van der Waals surface area (Å²) in [5.74, 6) is 1.58. The van der Waals surface area contributed by atoms with Crippen LogP contribution in [0.4, 0.5) is 0 Å². The minimum absolute atomic E-state index is 0.163. The van der Waals surface area contributed by atoms with Gasteiger partial charge in [-0.1, -0.05) is 13.8 Å². The van der Waals surface area contributed by atoms with Crippen molar-refractivity contribution in [3.63, 3.8) is 0 Å². The summed E-state index contributed by atoms with van der Waals surface area (Å²) in [6.45, 7) is 4.20. The van der Waals surface area contributed by atoms with Crippen LogP contribution in [0.1, 0.15) is 13.8 Å². The molecule has 1 heterocycles. The molecular weight excluding hydrogens is 246 g/mol. The molecule has 6 heteroatoms. The number of nitrogens with zero attached hydrogens (tertiary/aromatic N) is 1.